The Balaban J connectivity index is 0.00000280. The molecule has 28 heavy (non-hydrogen) atoms. The van der Waals surface area contributed by atoms with Crippen LogP contribution in [-0.2, 0) is 6.54 Å². The molecular weight excluding hydrogens is 461 g/mol. The summed E-state index contributed by atoms with van der Waals surface area (Å²) in [6, 6.07) is 12.5. The number of nitrogens with one attached hydrogen (secondary N) is 2. The number of likely N-dealkylation sites (N-methyl/N-ethyl adjacent to an activating group) is 1. The van der Waals surface area contributed by atoms with E-state index in [4.69, 9.17) is 4.99 Å². The van der Waals surface area contributed by atoms with Crippen LogP contribution in [0.5, 0.6) is 0 Å². The third kappa shape index (κ3) is 7.52. The number of likely N-dealkylation sites (tertiary alicyclic amines) is 1. The van der Waals surface area contributed by atoms with Crippen LogP contribution in [-0.4, -0.2) is 67.1 Å². The monoisotopic (exact) mass is 499 g/mol. The van der Waals surface area contributed by atoms with Crippen LogP contribution in [0.1, 0.15) is 45.1 Å². The minimum absolute atomic E-state index is 0. The maximum absolute atomic E-state index is 4.88. The van der Waals surface area contributed by atoms with Gasteiger partial charge in [0.2, 0.25) is 0 Å². The second-order valence-electron chi connectivity index (χ2n) is 8.16. The standard InChI is InChI=1S/C22H37N5.HI/c1-4-23-22(25-20-12-14-27(15-13-20)21-10-11-21)24-16-18(2)26(3)17-19-8-6-5-7-9-19;/h5-9,18,20-21H,4,10-17H2,1-3H3,(H2,23,24,25);1H. The molecule has 1 atom stereocenters. The van der Waals surface area contributed by atoms with Crippen molar-refractivity contribution in [1.82, 2.24) is 20.4 Å². The number of benzene rings is 1. The third-order valence-corrected chi connectivity index (χ3v) is 5.82. The lowest BCUT2D eigenvalue weighted by atomic mass is 10.1. The Labute approximate surface area is 188 Å². The van der Waals surface area contributed by atoms with E-state index in [0.717, 1.165) is 31.6 Å². The minimum Gasteiger partial charge on any atom is -0.357 e. The summed E-state index contributed by atoms with van der Waals surface area (Å²) < 4.78 is 0. The number of rotatable bonds is 8. The molecule has 0 spiro atoms. The van der Waals surface area contributed by atoms with Crippen LogP contribution in [0.15, 0.2) is 35.3 Å². The van der Waals surface area contributed by atoms with Crippen molar-refractivity contribution in [2.45, 2.75) is 64.2 Å². The van der Waals surface area contributed by atoms with Crippen molar-refractivity contribution in [2.24, 2.45) is 4.99 Å². The molecule has 3 rings (SSSR count). The summed E-state index contributed by atoms with van der Waals surface area (Å²) in [5.41, 5.74) is 1.35. The van der Waals surface area contributed by atoms with Gasteiger partial charge in [0.1, 0.15) is 0 Å². The van der Waals surface area contributed by atoms with Crippen LogP contribution < -0.4 is 10.6 Å². The Morgan fingerprint density at radius 3 is 2.46 bits per heavy atom. The number of piperidine rings is 1. The molecule has 5 nitrogen and oxygen atoms in total. The van der Waals surface area contributed by atoms with Gasteiger partial charge in [0.15, 0.2) is 5.96 Å². The summed E-state index contributed by atoms with van der Waals surface area (Å²) in [4.78, 5) is 9.92. The summed E-state index contributed by atoms with van der Waals surface area (Å²) in [5, 5.41) is 7.10. The van der Waals surface area contributed by atoms with E-state index in [-0.39, 0.29) is 24.0 Å². The fourth-order valence-corrected chi connectivity index (χ4v) is 3.75. The molecule has 1 aromatic rings. The zero-order valence-corrected chi connectivity index (χ0v) is 20.1. The van der Waals surface area contributed by atoms with E-state index in [1.807, 2.05) is 0 Å². The predicted octanol–water partition coefficient (Wildman–Crippen LogP) is 3.31. The second kappa shape index (κ2) is 12.0. The molecular formula is C22H38IN5. The fourth-order valence-electron chi connectivity index (χ4n) is 3.75. The maximum Gasteiger partial charge on any atom is 0.191 e. The van der Waals surface area contributed by atoms with Crippen LogP contribution in [0.4, 0.5) is 0 Å². The van der Waals surface area contributed by atoms with E-state index in [9.17, 15) is 0 Å². The average molecular weight is 499 g/mol. The molecule has 2 fully saturated rings. The highest BCUT2D eigenvalue weighted by molar-refractivity contribution is 14.0. The van der Waals surface area contributed by atoms with Gasteiger partial charge in [0.25, 0.3) is 0 Å². The molecule has 0 radical (unpaired) electrons. The van der Waals surface area contributed by atoms with E-state index in [0.29, 0.717) is 12.1 Å². The molecule has 1 saturated carbocycles. The predicted molar refractivity (Wildman–Crippen MR) is 130 cm³/mol. The van der Waals surface area contributed by atoms with Crippen molar-refractivity contribution in [2.75, 3.05) is 33.2 Å². The van der Waals surface area contributed by atoms with E-state index in [1.54, 1.807) is 0 Å². The summed E-state index contributed by atoms with van der Waals surface area (Å²) in [6.45, 7) is 9.53. The van der Waals surface area contributed by atoms with Crippen molar-refractivity contribution in [3.63, 3.8) is 0 Å². The van der Waals surface area contributed by atoms with E-state index < -0.39 is 0 Å². The van der Waals surface area contributed by atoms with Gasteiger partial charge in [-0.1, -0.05) is 30.3 Å². The normalized spacial score (nSPS) is 19.9. The van der Waals surface area contributed by atoms with Crippen molar-refractivity contribution in [1.29, 1.82) is 0 Å². The molecule has 0 bridgehead atoms. The van der Waals surface area contributed by atoms with Gasteiger partial charge in [-0.05, 0) is 52.1 Å². The van der Waals surface area contributed by atoms with Crippen molar-refractivity contribution < 1.29 is 0 Å². The van der Waals surface area contributed by atoms with Crippen LogP contribution in [0, 0.1) is 0 Å². The van der Waals surface area contributed by atoms with Gasteiger partial charge in [-0.3, -0.25) is 9.89 Å². The molecule has 1 aliphatic carbocycles. The van der Waals surface area contributed by atoms with Gasteiger partial charge in [-0.25, -0.2) is 0 Å². The van der Waals surface area contributed by atoms with E-state index in [2.05, 4.69) is 71.7 Å². The Hall–Kier alpha value is -0.860. The molecule has 2 N–H and O–H groups in total. The highest BCUT2D eigenvalue weighted by Crippen LogP contribution is 2.29. The topological polar surface area (TPSA) is 42.9 Å². The maximum atomic E-state index is 4.88. The first-order chi connectivity index (χ1) is 13.2. The number of hydrogen-bond donors (Lipinski definition) is 2. The highest BCUT2D eigenvalue weighted by Gasteiger charge is 2.31. The van der Waals surface area contributed by atoms with Crippen LogP contribution in [0.3, 0.4) is 0 Å². The quantitative estimate of drug-likeness (QED) is 0.327. The third-order valence-electron chi connectivity index (χ3n) is 5.82. The Kier molecular flexibility index (Phi) is 10.0. The fraction of sp³-hybridized carbons (Fsp3) is 0.682. The Morgan fingerprint density at radius 2 is 1.86 bits per heavy atom. The van der Waals surface area contributed by atoms with Gasteiger partial charge < -0.3 is 15.5 Å². The molecule has 158 valence electrons. The summed E-state index contributed by atoms with van der Waals surface area (Å²) in [7, 11) is 2.18. The molecule has 6 heteroatoms. The summed E-state index contributed by atoms with van der Waals surface area (Å²) in [5.74, 6) is 0.974. The number of hydrogen-bond acceptors (Lipinski definition) is 3. The van der Waals surface area contributed by atoms with Crippen LogP contribution in [0.25, 0.3) is 0 Å². The highest BCUT2D eigenvalue weighted by atomic mass is 127. The molecule has 1 aliphatic heterocycles. The van der Waals surface area contributed by atoms with Crippen molar-refractivity contribution in [3.05, 3.63) is 35.9 Å². The van der Waals surface area contributed by atoms with Crippen molar-refractivity contribution >= 4 is 29.9 Å². The number of halogens is 1. The van der Waals surface area contributed by atoms with Gasteiger partial charge in [0, 0.05) is 44.3 Å². The lowest BCUT2D eigenvalue weighted by Gasteiger charge is -2.33. The average Bonchev–Trinajstić information content (AvgIpc) is 3.52. The summed E-state index contributed by atoms with van der Waals surface area (Å²) in [6.07, 6.45) is 5.28. The lowest BCUT2D eigenvalue weighted by molar-refractivity contribution is 0.197. The number of nitrogens with zero attached hydrogens (tertiary/aromatic N) is 3. The summed E-state index contributed by atoms with van der Waals surface area (Å²) >= 11 is 0. The smallest absolute Gasteiger partial charge is 0.191 e. The Morgan fingerprint density at radius 1 is 1.18 bits per heavy atom. The van der Waals surface area contributed by atoms with E-state index in [1.165, 1.54) is 44.3 Å². The first-order valence-corrected chi connectivity index (χ1v) is 10.7. The first-order valence-electron chi connectivity index (χ1n) is 10.7. The van der Waals surface area contributed by atoms with Gasteiger partial charge in [-0.2, -0.15) is 0 Å². The zero-order valence-electron chi connectivity index (χ0n) is 17.7. The van der Waals surface area contributed by atoms with Crippen molar-refractivity contribution in [3.8, 4) is 0 Å². The molecule has 2 aliphatic rings. The van der Waals surface area contributed by atoms with Crippen LogP contribution >= 0.6 is 24.0 Å². The SMILES string of the molecule is CCNC(=NCC(C)N(C)Cc1ccccc1)NC1CCN(C2CC2)CC1.I. The number of guanidine groups is 1. The van der Waals surface area contributed by atoms with Gasteiger partial charge >= 0.3 is 0 Å². The number of aliphatic imine (C=N–C) groups is 1. The van der Waals surface area contributed by atoms with Crippen LogP contribution in [0.2, 0.25) is 0 Å². The largest absolute Gasteiger partial charge is 0.357 e. The molecule has 1 aromatic carbocycles. The zero-order chi connectivity index (χ0) is 19.1. The molecule has 1 unspecified atom stereocenters. The Bertz CT molecular complexity index is 582. The van der Waals surface area contributed by atoms with Gasteiger partial charge in [0.05, 0.1) is 6.54 Å². The van der Waals surface area contributed by atoms with Gasteiger partial charge in [-0.15, -0.1) is 24.0 Å². The molecule has 1 saturated heterocycles. The minimum atomic E-state index is 0. The first kappa shape index (κ1) is 23.4. The van der Waals surface area contributed by atoms with E-state index >= 15 is 0 Å². The molecule has 1 heterocycles. The molecule has 0 aromatic heterocycles. The second-order valence-corrected chi connectivity index (χ2v) is 8.16. The molecule has 0 amide bonds. The lowest BCUT2D eigenvalue weighted by Crippen LogP contribution is -2.49.